The highest BCUT2D eigenvalue weighted by atomic mass is 32.2. The Morgan fingerprint density at radius 1 is 1.16 bits per heavy atom. The molecule has 8 heteroatoms. The van der Waals surface area contributed by atoms with E-state index in [1.54, 1.807) is 29.9 Å². The maximum absolute atomic E-state index is 12.9. The molecule has 7 nitrogen and oxygen atoms in total. The van der Waals surface area contributed by atoms with E-state index in [0.717, 1.165) is 0 Å². The average molecular weight is 354 g/mol. The van der Waals surface area contributed by atoms with Crippen LogP contribution in [0.3, 0.4) is 0 Å². The van der Waals surface area contributed by atoms with Gasteiger partial charge in [-0.05, 0) is 31.2 Å². The second-order valence-electron chi connectivity index (χ2n) is 5.41. The molecule has 3 heterocycles. The lowest BCUT2D eigenvalue weighted by Crippen LogP contribution is -2.23. The number of fused-ring (bicyclic) bond motifs is 1. The standard InChI is InChI=1S/C17H14N4O3S/c1-11-18-15(24-20-11)10-25-17-19-14-7-3-2-6-13(14)16(22)21(17)9-12-5-4-8-23-12/h2-8H,9-10H2,1H3. The third-order valence-electron chi connectivity index (χ3n) is 3.62. The van der Waals surface area contributed by atoms with Crippen LogP contribution >= 0.6 is 11.8 Å². The summed E-state index contributed by atoms with van der Waals surface area (Å²) in [6, 6.07) is 10.9. The predicted octanol–water partition coefficient (Wildman–Crippen LogP) is 3.02. The molecule has 0 fully saturated rings. The molecule has 25 heavy (non-hydrogen) atoms. The largest absolute Gasteiger partial charge is 0.467 e. The van der Waals surface area contributed by atoms with E-state index >= 15 is 0 Å². The number of aryl methyl sites for hydroxylation is 1. The van der Waals surface area contributed by atoms with E-state index in [1.807, 2.05) is 24.3 Å². The number of thioether (sulfide) groups is 1. The molecule has 0 atom stereocenters. The van der Waals surface area contributed by atoms with Crippen molar-refractivity contribution in [2.75, 3.05) is 0 Å². The van der Waals surface area contributed by atoms with E-state index in [2.05, 4.69) is 15.1 Å². The number of aromatic nitrogens is 4. The molecule has 3 aromatic heterocycles. The first-order valence-corrected chi connectivity index (χ1v) is 8.63. The summed E-state index contributed by atoms with van der Waals surface area (Å²) in [5.41, 5.74) is 0.554. The van der Waals surface area contributed by atoms with Gasteiger partial charge >= 0.3 is 0 Å². The minimum Gasteiger partial charge on any atom is -0.467 e. The summed E-state index contributed by atoms with van der Waals surface area (Å²) in [6.07, 6.45) is 1.59. The molecule has 0 radical (unpaired) electrons. The van der Waals surface area contributed by atoms with E-state index in [4.69, 9.17) is 8.94 Å². The molecular weight excluding hydrogens is 340 g/mol. The highest BCUT2D eigenvalue weighted by Gasteiger charge is 2.14. The van der Waals surface area contributed by atoms with Crippen molar-refractivity contribution in [3.8, 4) is 0 Å². The second-order valence-corrected chi connectivity index (χ2v) is 6.35. The number of furan rings is 1. The molecule has 0 saturated heterocycles. The first-order chi connectivity index (χ1) is 12.2. The van der Waals surface area contributed by atoms with Crippen LogP contribution in [0.2, 0.25) is 0 Å². The summed E-state index contributed by atoms with van der Waals surface area (Å²) < 4.78 is 12.1. The lowest BCUT2D eigenvalue weighted by atomic mass is 10.2. The summed E-state index contributed by atoms with van der Waals surface area (Å²) in [4.78, 5) is 21.7. The van der Waals surface area contributed by atoms with E-state index in [9.17, 15) is 4.79 Å². The van der Waals surface area contributed by atoms with Crippen molar-refractivity contribution in [2.24, 2.45) is 0 Å². The molecule has 0 bridgehead atoms. The van der Waals surface area contributed by atoms with Crippen LogP contribution in [-0.4, -0.2) is 19.7 Å². The van der Waals surface area contributed by atoms with Crippen molar-refractivity contribution in [3.05, 3.63) is 70.5 Å². The summed E-state index contributed by atoms with van der Waals surface area (Å²) in [5, 5.41) is 4.93. The minimum absolute atomic E-state index is 0.105. The van der Waals surface area contributed by atoms with Gasteiger partial charge in [0, 0.05) is 0 Å². The van der Waals surface area contributed by atoms with Crippen LogP contribution in [0.15, 0.2) is 61.6 Å². The molecule has 0 N–H and O–H groups in total. The van der Waals surface area contributed by atoms with Gasteiger partial charge in [-0.15, -0.1) is 0 Å². The maximum Gasteiger partial charge on any atom is 0.262 e. The van der Waals surface area contributed by atoms with Gasteiger partial charge in [-0.2, -0.15) is 4.98 Å². The molecule has 0 aliphatic heterocycles. The van der Waals surface area contributed by atoms with Gasteiger partial charge in [0.05, 0.1) is 29.5 Å². The Labute approximate surface area is 146 Å². The number of hydrogen-bond donors (Lipinski definition) is 0. The molecule has 126 valence electrons. The van der Waals surface area contributed by atoms with Crippen LogP contribution in [0.4, 0.5) is 0 Å². The molecule has 0 saturated carbocycles. The van der Waals surface area contributed by atoms with Gasteiger partial charge in [0.1, 0.15) is 5.76 Å². The molecule has 0 aliphatic carbocycles. The Kier molecular flexibility index (Phi) is 4.10. The molecule has 0 amide bonds. The number of rotatable bonds is 5. The fourth-order valence-corrected chi connectivity index (χ4v) is 3.32. The summed E-state index contributed by atoms with van der Waals surface area (Å²) in [6.45, 7) is 2.08. The molecule has 1 aromatic carbocycles. The lowest BCUT2D eigenvalue weighted by Gasteiger charge is -2.11. The minimum atomic E-state index is -0.105. The first-order valence-electron chi connectivity index (χ1n) is 7.64. The van der Waals surface area contributed by atoms with E-state index in [0.29, 0.717) is 45.8 Å². The normalized spacial score (nSPS) is 11.2. The average Bonchev–Trinajstić information content (AvgIpc) is 3.27. The highest BCUT2D eigenvalue weighted by Crippen LogP contribution is 2.22. The van der Waals surface area contributed by atoms with Gasteiger partial charge in [-0.25, -0.2) is 4.98 Å². The van der Waals surface area contributed by atoms with Crippen molar-refractivity contribution < 1.29 is 8.94 Å². The third-order valence-corrected chi connectivity index (χ3v) is 4.58. The smallest absolute Gasteiger partial charge is 0.262 e. The van der Waals surface area contributed by atoms with Gasteiger partial charge < -0.3 is 8.94 Å². The van der Waals surface area contributed by atoms with E-state index in [1.165, 1.54) is 11.8 Å². The number of nitrogens with zero attached hydrogens (tertiary/aromatic N) is 4. The quantitative estimate of drug-likeness (QED) is 0.402. The van der Waals surface area contributed by atoms with Crippen molar-refractivity contribution in [1.29, 1.82) is 0 Å². The van der Waals surface area contributed by atoms with Gasteiger partial charge in [-0.1, -0.05) is 29.1 Å². The third kappa shape index (κ3) is 3.20. The van der Waals surface area contributed by atoms with E-state index in [-0.39, 0.29) is 5.56 Å². The van der Waals surface area contributed by atoms with Gasteiger partial charge in [0.15, 0.2) is 11.0 Å². The van der Waals surface area contributed by atoms with Gasteiger partial charge in [0.25, 0.3) is 5.56 Å². The van der Waals surface area contributed by atoms with Crippen LogP contribution < -0.4 is 5.56 Å². The molecule has 4 rings (SSSR count). The maximum atomic E-state index is 12.9. The topological polar surface area (TPSA) is 87.0 Å². The zero-order chi connectivity index (χ0) is 17.2. The van der Waals surface area contributed by atoms with E-state index < -0.39 is 0 Å². The molecule has 0 spiro atoms. The van der Waals surface area contributed by atoms with Crippen LogP contribution in [0.5, 0.6) is 0 Å². The Bertz CT molecular complexity index is 1070. The van der Waals surface area contributed by atoms with Gasteiger partial charge in [-0.3, -0.25) is 9.36 Å². The summed E-state index contributed by atoms with van der Waals surface area (Å²) in [5.74, 6) is 2.20. The van der Waals surface area contributed by atoms with Crippen molar-refractivity contribution >= 4 is 22.7 Å². The second kappa shape index (κ2) is 6.56. The highest BCUT2D eigenvalue weighted by molar-refractivity contribution is 7.98. The SMILES string of the molecule is Cc1noc(CSc2nc3ccccc3c(=O)n2Cc2ccco2)n1. The zero-order valence-corrected chi connectivity index (χ0v) is 14.2. The molecule has 0 unspecified atom stereocenters. The number of hydrogen-bond acceptors (Lipinski definition) is 7. The monoisotopic (exact) mass is 354 g/mol. The lowest BCUT2D eigenvalue weighted by molar-refractivity contribution is 0.387. The van der Waals surface area contributed by atoms with Crippen molar-refractivity contribution in [2.45, 2.75) is 24.4 Å². The Balaban J connectivity index is 1.75. The Morgan fingerprint density at radius 2 is 2.04 bits per heavy atom. The fraction of sp³-hybridized carbons (Fsp3) is 0.176. The molecule has 4 aromatic rings. The summed E-state index contributed by atoms with van der Waals surface area (Å²) in [7, 11) is 0. The first kappa shape index (κ1) is 15.6. The summed E-state index contributed by atoms with van der Waals surface area (Å²) >= 11 is 1.38. The molecule has 0 aliphatic rings. The van der Waals surface area contributed by atoms with Crippen LogP contribution in [0.25, 0.3) is 10.9 Å². The Morgan fingerprint density at radius 3 is 2.80 bits per heavy atom. The molecular formula is C17H14N4O3S. The fourth-order valence-electron chi connectivity index (χ4n) is 2.48. The zero-order valence-electron chi connectivity index (χ0n) is 13.4. The predicted molar refractivity (Wildman–Crippen MR) is 92.4 cm³/mol. The van der Waals surface area contributed by atoms with Crippen molar-refractivity contribution in [1.82, 2.24) is 19.7 Å². The van der Waals surface area contributed by atoms with Crippen molar-refractivity contribution in [3.63, 3.8) is 0 Å². The number of benzene rings is 1. The Hall–Kier alpha value is -2.87. The number of para-hydroxylation sites is 1. The van der Waals surface area contributed by atoms with Gasteiger partial charge in [0.2, 0.25) is 5.89 Å². The van der Waals surface area contributed by atoms with Crippen LogP contribution in [0.1, 0.15) is 17.5 Å². The van der Waals surface area contributed by atoms with Crippen LogP contribution in [-0.2, 0) is 12.3 Å². The van der Waals surface area contributed by atoms with Crippen LogP contribution in [0, 0.1) is 6.92 Å².